The number of carbonyl (C=O) groups excluding carboxylic acids is 1. The quantitative estimate of drug-likeness (QED) is 0.600. The number of hydrogen-bond acceptors (Lipinski definition) is 2. The van der Waals surface area contributed by atoms with Crippen LogP contribution in [0.4, 0.5) is 0 Å². The fourth-order valence-electron chi connectivity index (χ4n) is 2.08. The third kappa shape index (κ3) is 1.42. The van der Waals surface area contributed by atoms with Crippen molar-refractivity contribution in [1.29, 1.82) is 0 Å². The molecule has 0 aromatic heterocycles. The lowest BCUT2D eigenvalue weighted by Crippen LogP contribution is -3.20. The van der Waals surface area contributed by atoms with Crippen molar-refractivity contribution in [3.63, 3.8) is 0 Å². The third-order valence-corrected chi connectivity index (χ3v) is 2.71. The summed E-state index contributed by atoms with van der Waals surface area (Å²) in [5.74, 6) is 0.00363. The number of Topliss-reactive ketones (excluding diaryl/α,β-unsaturated/α-hetero) is 1. The summed E-state index contributed by atoms with van der Waals surface area (Å²) < 4.78 is 0. The Bertz CT molecular complexity index is 277. The minimum absolute atomic E-state index is 0.00363. The van der Waals surface area contributed by atoms with Gasteiger partial charge in [-0.1, -0.05) is 0 Å². The van der Waals surface area contributed by atoms with Crippen LogP contribution < -0.4 is 5.06 Å². The predicted octanol–water partition coefficient (Wildman–Crippen LogP) is 0.455. The fraction of sp³-hybridized carbons (Fsp3) is 0.700. The van der Waals surface area contributed by atoms with Crippen molar-refractivity contribution >= 4 is 5.78 Å². The van der Waals surface area contributed by atoms with Crippen LogP contribution in [-0.4, -0.2) is 16.9 Å². The van der Waals surface area contributed by atoms with Gasteiger partial charge >= 0.3 is 0 Å². The number of quaternary nitrogens is 1. The Morgan fingerprint density at radius 2 is 1.85 bits per heavy atom. The molecule has 1 heterocycles. The Balaban J connectivity index is 3.17. The highest BCUT2D eigenvalue weighted by atomic mass is 16.5. The predicted molar refractivity (Wildman–Crippen MR) is 51.3 cm³/mol. The van der Waals surface area contributed by atoms with Gasteiger partial charge in [-0.3, -0.25) is 4.79 Å². The highest BCUT2D eigenvalue weighted by molar-refractivity contribution is 5.95. The van der Waals surface area contributed by atoms with E-state index in [-0.39, 0.29) is 10.8 Å². The van der Waals surface area contributed by atoms with Gasteiger partial charge in [-0.25, -0.2) is 0 Å². The molecule has 3 nitrogen and oxygen atoms in total. The van der Waals surface area contributed by atoms with Gasteiger partial charge in [0.15, 0.2) is 5.78 Å². The van der Waals surface area contributed by atoms with Gasteiger partial charge in [0.05, 0.1) is 5.57 Å². The van der Waals surface area contributed by atoms with Crippen molar-refractivity contribution in [2.45, 2.75) is 45.7 Å². The van der Waals surface area contributed by atoms with E-state index in [1.54, 1.807) is 6.08 Å². The molecule has 1 N–H and O–H groups in total. The summed E-state index contributed by atoms with van der Waals surface area (Å²) in [5, 5.41) is 12.0. The Labute approximate surface area is 79.0 Å². The summed E-state index contributed by atoms with van der Waals surface area (Å²) in [7, 11) is 0. The van der Waals surface area contributed by atoms with Crippen LogP contribution in [0, 0.1) is 5.21 Å². The van der Waals surface area contributed by atoms with E-state index < -0.39 is 11.1 Å². The van der Waals surface area contributed by atoms with E-state index in [4.69, 9.17) is 0 Å². The van der Waals surface area contributed by atoms with Crippen LogP contribution in [0.25, 0.3) is 0 Å². The normalized spacial score (nSPS) is 30.0. The maximum absolute atomic E-state index is 11.9. The average Bonchev–Trinajstić information content (AvgIpc) is 2.11. The molecule has 1 atom stereocenters. The molecule has 1 rings (SSSR count). The van der Waals surface area contributed by atoms with Gasteiger partial charge in [0, 0.05) is 0 Å². The van der Waals surface area contributed by atoms with Crippen LogP contribution in [-0.2, 0) is 4.79 Å². The number of carbonyl (C=O) groups is 1. The van der Waals surface area contributed by atoms with E-state index in [2.05, 4.69) is 0 Å². The van der Waals surface area contributed by atoms with Gasteiger partial charge in [-0.15, -0.1) is 0 Å². The first-order valence-corrected chi connectivity index (χ1v) is 4.49. The zero-order chi connectivity index (χ0) is 10.4. The number of ketones is 1. The second kappa shape index (κ2) is 2.66. The second-order valence-electron chi connectivity index (χ2n) is 4.79. The number of rotatable bonds is 1. The van der Waals surface area contributed by atoms with Crippen LogP contribution in [0.2, 0.25) is 0 Å². The summed E-state index contributed by atoms with van der Waals surface area (Å²) in [6, 6.07) is 0. The topological polar surface area (TPSA) is 44.6 Å². The summed E-state index contributed by atoms with van der Waals surface area (Å²) in [6.45, 7) is 8.86. The van der Waals surface area contributed by atoms with Crippen molar-refractivity contribution in [1.82, 2.24) is 0 Å². The molecular weight excluding hydrogens is 166 g/mol. The molecule has 0 spiro atoms. The van der Waals surface area contributed by atoms with Crippen molar-refractivity contribution in [2.75, 3.05) is 0 Å². The number of hydroxylamine groups is 2. The zero-order valence-corrected chi connectivity index (χ0v) is 8.89. The average molecular weight is 183 g/mol. The lowest BCUT2D eigenvalue weighted by molar-refractivity contribution is -0.927. The first kappa shape index (κ1) is 10.4. The molecule has 0 aromatic rings. The Morgan fingerprint density at radius 3 is 2.00 bits per heavy atom. The molecule has 0 bridgehead atoms. The minimum Gasteiger partial charge on any atom is -0.633 e. The zero-order valence-electron chi connectivity index (χ0n) is 8.89. The molecule has 0 radical (unpaired) electrons. The van der Waals surface area contributed by atoms with Crippen LogP contribution in [0.15, 0.2) is 11.6 Å². The van der Waals surface area contributed by atoms with Crippen molar-refractivity contribution < 1.29 is 9.86 Å². The van der Waals surface area contributed by atoms with Gasteiger partial charge in [0.1, 0.15) is 11.1 Å². The lowest BCUT2D eigenvalue weighted by Gasteiger charge is -2.41. The third-order valence-electron chi connectivity index (χ3n) is 2.71. The molecule has 13 heavy (non-hydrogen) atoms. The molecule has 0 amide bonds. The molecule has 0 saturated carbocycles. The summed E-state index contributed by atoms with van der Waals surface area (Å²) in [6.07, 6.45) is 1.80. The van der Waals surface area contributed by atoms with Crippen LogP contribution in [0.5, 0.6) is 0 Å². The number of hydrogen-bond donors (Lipinski definition) is 1. The molecule has 3 heteroatoms. The molecule has 0 aliphatic carbocycles. The molecule has 1 aliphatic rings. The SMILES string of the molecule is CC(=O)C1=CC(C)(C)[NH+]([O-])C1(C)C. The molecule has 0 aromatic carbocycles. The molecule has 0 fully saturated rings. The van der Waals surface area contributed by atoms with Gasteiger partial charge in [-0.05, 0) is 40.7 Å². The Hall–Kier alpha value is -0.670. The maximum Gasteiger partial charge on any atom is 0.161 e. The summed E-state index contributed by atoms with van der Waals surface area (Å²) in [5.41, 5.74) is -0.428. The smallest absolute Gasteiger partial charge is 0.161 e. The largest absolute Gasteiger partial charge is 0.633 e. The van der Waals surface area contributed by atoms with E-state index in [0.717, 1.165) is 0 Å². The summed E-state index contributed by atoms with van der Waals surface area (Å²) in [4.78, 5) is 11.3. The number of nitrogens with one attached hydrogen (secondary N) is 1. The molecule has 1 unspecified atom stereocenters. The highest BCUT2D eigenvalue weighted by Gasteiger charge is 2.46. The van der Waals surface area contributed by atoms with E-state index in [0.29, 0.717) is 5.57 Å². The first-order valence-electron chi connectivity index (χ1n) is 4.49. The van der Waals surface area contributed by atoms with E-state index in [9.17, 15) is 10.0 Å². The molecule has 74 valence electrons. The van der Waals surface area contributed by atoms with Crippen LogP contribution in [0.1, 0.15) is 34.6 Å². The van der Waals surface area contributed by atoms with Crippen molar-refractivity contribution in [3.8, 4) is 0 Å². The fourth-order valence-corrected chi connectivity index (χ4v) is 2.08. The standard InChI is InChI=1S/C10H17NO2/c1-7(12)8-6-9(2,3)11(13)10(8,4)5/h6,11H,1-5H3. The Kier molecular flexibility index (Phi) is 2.13. The molecule has 0 saturated heterocycles. The first-order chi connectivity index (χ1) is 5.69. The van der Waals surface area contributed by atoms with Crippen LogP contribution >= 0.6 is 0 Å². The minimum atomic E-state index is -0.602. The Morgan fingerprint density at radius 1 is 1.38 bits per heavy atom. The monoisotopic (exact) mass is 183 g/mol. The molecule has 1 aliphatic heterocycles. The van der Waals surface area contributed by atoms with Gasteiger partial charge in [-0.2, -0.15) is 0 Å². The summed E-state index contributed by atoms with van der Waals surface area (Å²) >= 11 is 0. The van der Waals surface area contributed by atoms with Crippen molar-refractivity contribution in [2.24, 2.45) is 0 Å². The van der Waals surface area contributed by atoms with E-state index >= 15 is 0 Å². The van der Waals surface area contributed by atoms with Gasteiger partial charge < -0.3 is 10.3 Å². The van der Waals surface area contributed by atoms with Gasteiger partial charge in [0.2, 0.25) is 0 Å². The van der Waals surface area contributed by atoms with Crippen molar-refractivity contribution in [3.05, 3.63) is 16.9 Å². The lowest BCUT2D eigenvalue weighted by atomic mass is 9.94. The second-order valence-corrected chi connectivity index (χ2v) is 4.79. The van der Waals surface area contributed by atoms with Gasteiger partial charge in [0.25, 0.3) is 0 Å². The van der Waals surface area contributed by atoms with Crippen LogP contribution in [0.3, 0.4) is 0 Å². The molecular formula is C10H17NO2. The highest BCUT2D eigenvalue weighted by Crippen LogP contribution is 2.24. The maximum atomic E-state index is 11.9. The van der Waals surface area contributed by atoms with E-state index in [1.807, 2.05) is 27.7 Å². The van der Waals surface area contributed by atoms with E-state index in [1.165, 1.54) is 6.92 Å².